The van der Waals surface area contributed by atoms with E-state index in [2.05, 4.69) is 37.3 Å². The molecule has 1 heteroatoms. The summed E-state index contributed by atoms with van der Waals surface area (Å²) in [7, 11) is 5.77. The average molecular weight is 187 g/mol. The Morgan fingerprint density at radius 2 is 1.71 bits per heavy atom. The molecule has 2 radical (unpaired) electrons. The van der Waals surface area contributed by atoms with E-state index >= 15 is 0 Å². The molecule has 1 aromatic rings. The third kappa shape index (κ3) is 1.83. The molecule has 1 fully saturated rings. The quantitative estimate of drug-likeness (QED) is 0.653. The van der Waals surface area contributed by atoms with Crippen molar-refractivity contribution in [2.75, 3.05) is 13.1 Å². The van der Waals surface area contributed by atoms with Gasteiger partial charge in [-0.3, -0.25) is 4.90 Å². The molecule has 0 aliphatic carbocycles. The molecule has 0 bridgehead atoms. The van der Waals surface area contributed by atoms with Crippen molar-refractivity contribution in [1.29, 1.82) is 0 Å². The molecule has 0 unspecified atom stereocenters. The van der Waals surface area contributed by atoms with Crippen molar-refractivity contribution >= 4 is 0 Å². The van der Waals surface area contributed by atoms with Crippen LogP contribution in [0.3, 0.4) is 0 Å². The molecular weight excluding hydrogens is 170 g/mol. The van der Waals surface area contributed by atoms with Gasteiger partial charge in [-0.1, -0.05) is 37.3 Å². The number of hydrogen-bond acceptors (Lipinski definition) is 1. The Morgan fingerprint density at radius 1 is 1.14 bits per heavy atom. The van der Waals surface area contributed by atoms with Crippen LogP contribution in [0.25, 0.3) is 0 Å². The van der Waals surface area contributed by atoms with E-state index in [1.54, 1.807) is 0 Å². The predicted molar refractivity (Wildman–Crippen MR) is 58.9 cm³/mol. The van der Waals surface area contributed by atoms with E-state index in [0.717, 1.165) is 25.9 Å². The number of benzene rings is 1. The van der Waals surface area contributed by atoms with E-state index in [1.807, 2.05) is 4.90 Å². The summed E-state index contributed by atoms with van der Waals surface area (Å²) in [6.45, 7) is 4.35. The highest BCUT2D eigenvalue weighted by molar-refractivity contribution is 5.25. The van der Waals surface area contributed by atoms with Gasteiger partial charge in [0.1, 0.15) is 0 Å². The maximum atomic E-state index is 5.77. The Morgan fingerprint density at radius 3 is 2.29 bits per heavy atom. The molecule has 0 spiro atoms. The molecule has 2 rings (SSSR count). The summed E-state index contributed by atoms with van der Waals surface area (Å²) in [6, 6.07) is 10.8. The molecular formula is C13H17N. The number of hydrogen-bond donors (Lipinski definition) is 0. The van der Waals surface area contributed by atoms with Gasteiger partial charge in [0.15, 0.2) is 0 Å². The van der Waals surface area contributed by atoms with Crippen molar-refractivity contribution in [1.82, 2.24) is 4.90 Å². The molecule has 14 heavy (non-hydrogen) atoms. The normalized spacial score (nSPS) is 22.1. The van der Waals surface area contributed by atoms with Gasteiger partial charge < -0.3 is 0 Å². The summed E-state index contributed by atoms with van der Waals surface area (Å²) in [5.41, 5.74) is 1.78. The van der Waals surface area contributed by atoms with Crippen molar-refractivity contribution in [3.05, 3.63) is 42.9 Å². The zero-order valence-corrected chi connectivity index (χ0v) is 8.74. The minimum atomic E-state index is 0.330. The first kappa shape index (κ1) is 9.72. The smallest absolute Gasteiger partial charge is 0.0438 e. The number of piperidine rings is 1. The van der Waals surface area contributed by atoms with E-state index in [1.165, 1.54) is 5.56 Å². The molecule has 1 aliphatic rings. The highest BCUT2D eigenvalue weighted by atomic mass is 15.1. The summed E-state index contributed by atoms with van der Waals surface area (Å²) >= 11 is 0. The molecule has 1 nitrogen and oxygen atoms in total. The second-order valence-corrected chi connectivity index (χ2v) is 4.46. The summed E-state index contributed by atoms with van der Waals surface area (Å²) in [5, 5.41) is 0. The van der Waals surface area contributed by atoms with Gasteiger partial charge in [0.05, 0.1) is 0 Å². The second kappa shape index (κ2) is 3.74. The van der Waals surface area contributed by atoms with Crippen LogP contribution in [0.5, 0.6) is 0 Å². The molecule has 0 aromatic heterocycles. The lowest BCUT2D eigenvalue weighted by Crippen LogP contribution is -2.37. The van der Waals surface area contributed by atoms with Crippen molar-refractivity contribution in [2.24, 2.45) is 0 Å². The molecule has 74 valence electrons. The molecule has 1 heterocycles. The summed E-state index contributed by atoms with van der Waals surface area (Å²) in [5.74, 6) is 0. The van der Waals surface area contributed by atoms with Crippen molar-refractivity contribution in [2.45, 2.75) is 25.2 Å². The van der Waals surface area contributed by atoms with Gasteiger partial charge in [-0.05, 0) is 36.9 Å². The van der Waals surface area contributed by atoms with Crippen LogP contribution in [0.15, 0.2) is 30.3 Å². The largest absolute Gasteiger partial charge is 0.297 e. The Kier molecular flexibility index (Phi) is 2.60. The molecule has 0 N–H and O–H groups in total. The van der Waals surface area contributed by atoms with Crippen LogP contribution >= 0.6 is 0 Å². The summed E-state index contributed by atoms with van der Waals surface area (Å²) in [4.78, 5) is 1.92. The van der Waals surface area contributed by atoms with E-state index in [0.29, 0.717) is 5.41 Å². The first-order chi connectivity index (χ1) is 6.71. The fourth-order valence-corrected chi connectivity index (χ4v) is 2.15. The highest BCUT2D eigenvalue weighted by Gasteiger charge is 2.30. The van der Waals surface area contributed by atoms with Crippen LogP contribution in [-0.2, 0) is 5.41 Å². The summed E-state index contributed by atoms with van der Waals surface area (Å²) < 4.78 is 0. The molecule has 1 saturated heterocycles. The van der Waals surface area contributed by atoms with Crippen LogP contribution in [0, 0.1) is 7.05 Å². The van der Waals surface area contributed by atoms with Crippen LogP contribution in [-0.4, -0.2) is 18.0 Å². The van der Waals surface area contributed by atoms with Crippen LogP contribution in [0.4, 0.5) is 0 Å². The van der Waals surface area contributed by atoms with E-state index in [9.17, 15) is 0 Å². The zero-order valence-electron chi connectivity index (χ0n) is 8.74. The van der Waals surface area contributed by atoms with Crippen LogP contribution in [0.2, 0.25) is 0 Å². The molecule has 1 aromatic carbocycles. The first-order valence-electron chi connectivity index (χ1n) is 5.26. The maximum absolute atomic E-state index is 5.77. The number of rotatable bonds is 1. The first-order valence-corrected chi connectivity index (χ1v) is 5.26. The van der Waals surface area contributed by atoms with E-state index in [-0.39, 0.29) is 0 Å². The average Bonchev–Trinajstić information content (AvgIpc) is 2.24. The Labute approximate surface area is 86.7 Å². The van der Waals surface area contributed by atoms with Gasteiger partial charge in [0, 0.05) is 7.05 Å². The van der Waals surface area contributed by atoms with Crippen molar-refractivity contribution in [3.63, 3.8) is 0 Å². The van der Waals surface area contributed by atoms with E-state index in [4.69, 9.17) is 7.05 Å². The topological polar surface area (TPSA) is 3.24 Å². The highest BCUT2D eigenvalue weighted by Crippen LogP contribution is 2.34. The van der Waals surface area contributed by atoms with Crippen molar-refractivity contribution in [3.8, 4) is 0 Å². The van der Waals surface area contributed by atoms with Gasteiger partial charge in [0.2, 0.25) is 0 Å². The summed E-state index contributed by atoms with van der Waals surface area (Å²) in [6.07, 6.45) is 2.32. The predicted octanol–water partition coefficient (Wildman–Crippen LogP) is 2.71. The van der Waals surface area contributed by atoms with Crippen LogP contribution in [0.1, 0.15) is 25.3 Å². The fourth-order valence-electron chi connectivity index (χ4n) is 2.15. The van der Waals surface area contributed by atoms with Crippen molar-refractivity contribution < 1.29 is 0 Å². The van der Waals surface area contributed by atoms with E-state index < -0.39 is 0 Å². The minimum Gasteiger partial charge on any atom is -0.297 e. The fraction of sp³-hybridized carbons (Fsp3) is 0.462. The molecule has 1 aliphatic heterocycles. The monoisotopic (exact) mass is 187 g/mol. The lowest BCUT2D eigenvalue weighted by molar-refractivity contribution is 0.218. The lowest BCUT2D eigenvalue weighted by atomic mass is 9.75. The standard InChI is InChI=1S/C13H17N/c1-13(8-10-14(2)11-9-13)12-6-4-3-5-7-12/h2-7H,8-11H2,1H3. The zero-order chi connectivity index (χ0) is 10.0. The van der Waals surface area contributed by atoms with Gasteiger partial charge in [0.25, 0.3) is 0 Å². The second-order valence-electron chi connectivity index (χ2n) is 4.46. The third-order valence-electron chi connectivity index (χ3n) is 3.37. The van der Waals surface area contributed by atoms with Crippen LogP contribution < -0.4 is 0 Å². The molecule has 0 atom stereocenters. The third-order valence-corrected chi connectivity index (χ3v) is 3.37. The Bertz CT molecular complexity index is 283. The van der Waals surface area contributed by atoms with Gasteiger partial charge in [-0.2, -0.15) is 0 Å². The SMILES string of the molecule is [CH]N1CCC(C)(c2ccccc2)CC1. The Hall–Kier alpha value is -0.820. The lowest BCUT2D eigenvalue weighted by Gasteiger charge is -2.38. The van der Waals surface area contributed by atoms with Gasteiger partial charge >= 0.3 is 0 Å². The molecule has 0 saturated carbocycles. The van der Waals surface area contributed by atoms with Gasteiger partial charge in [-0.25, -0.2) is 0 Å². The molecule has 0 amide bonds. The number of nitrogens with zero attached hydrogens (tertiary/aromatic N) is 1. The minimum absolute atomic E-state index is 0.330. The maximum Gasteiger partial charge on any atom is 0.0438 e. The Balaban J connectivity index is 2.17. The number of likely N-dealkylation sites (tertiary alicyclic amines) is 1. The van der Waals surface area contributed by atoms with Gasteiger partial charge in [-0.15, -0.1) is 0 Å².